The average Bonchev–Trinajstić information content (AvgIpc) is 2.52. The first kappa shape index (κ1) is 17.0. The predicted octanol–water partition coefficient (Wildman–Crippen LogP) is 2.88. The average molecular weight is 368 g/mol. The molecule has 126 valence electrons. The molecule has 0 amide bonds. The van der Waals surface area contributed by atoms with E-state index in [0.29, 0.717) is 42.2 Å². The number of likely N-dealkylation sites (tertiary alicyclic amines) is 1. The van der Waals surface area contributed by atoms with Crippen molar-refractivity contribution in [2.45, 2.75) is 13.2 Å². The summed E-state index contributed by atoms with van der Waals surface area (Å²) in [5.41, 5.74) is 1.66. The molecule has 1 saturated heterocycles. The van der Waals surface area contributed by atoms with Crippen molar-refractivity contribution in [1.82, 2.24) is 14.9 Å². The zero-order valence-electron chi connectivity index (χ0n) is 12.7. The Morgan fingerprint density at radius 2 is 2.04 bits per heavy atom. The summed E-state index contributed by atoms with van der Waals surface area (Å²) in [5.74, 6) is -0.605. The second-order valence-electron chi connectivity index (χ2n) is 5.61. The minimum atomic E-state index is -0.747. The van der Waals surface area contributed by atoms with Crippen molar-refractivity contribution in [3.63, 3.8) is 0 Å². The minimum absolute atomic E-state index is 0.272. The van der Waals surface area contributed by atoms with Gasteiger partial charge in [0.05, 0.1) is 34.1 Å². The molecule has 0 bridgehead atoms. The summed E-state index contributed by atoms with van der Waals surface area (Å²) in [4.78, 5) is 21.3. The smallest absolute Gasteiger partial charge is 0.309 e. The van der Waals surface area contributed by atoms with Gasteiger partial charge in [-0.05, 0) is 17.7 Å². The van der Waals surface area contributed by atoms with Crippen LogP contribution in [0.3, 0.4) is 0 Å². The number of nitrogens with zero attached hydrogens (tertiary/aromatic N) is 3. The van der Waals surface area contributed by atoms with E-state index in [2.05, 4.69) is 9.97 Å². The molecule has 1 aliphatic heterocycles. The maximum Gasteiger partial charge on any atom is 0.309 e. The fourth-order valence-electron chi connectivity index (χ4n) is 2.37. The van der Waals surface area contributed by atoms with Crippen molar-refractivity contribution in [3.8, 4) is 5.88 Å². The highest BCUT2D eigenvalue weighted by Gasteiger charge is 2.32. The molecule has 2 aromatic rings. The third-order valence-corrected chi connectivity index (χ3v) is 4.48. The van der Waals surface area contributed by atoms with Crippen LogP contribution in [0.1, 0.15) is 11.3 Å². The van der Waals surface area contributed by atoms with Crippen LogP contribution in [0.4, 0.5) is 0 Å². The van der Waals surface area contributed by atoms with Gasteiger partial charge in [-0.15, -0.1) is 0 Å². The van der Waals surface area contributed by atoms with Crippen LogP contribution < -0.4 is 4.74 Å². The van der Waals surface area contributed by atoms with Gasteiger partial charge in [0.1, 0.15) is 6.61 Å². The lowest BCUT2D eigenvalue weighted by molar-refractivity contribution is -0.147. The van der Waals surface area contributed by atoms with Crippen LogP contribution in [0, 0.1) is 5.92 Å². The van der Waals surface area contributed by atoms with Crippen LogP contribution in [-0.2, 0) is 17.9 Å². The molecule has 0 atom stereocenters. The largest absolute Gasteiger partial charge is 0.481 e. The van der Waals surface area contributed by atoms with E-state index in [-0.39, 0.29) is 5.92 Å². The molecule has 1 aromatic heterocycles. The molecule has 0 saturated carbocycles. The number of benzene rings is 1. The SMILES string of the molecule is O=C(O)C1CN(Cc2cnc(OCc3ccc(Cl)c(Cl)c3)cn2)C1. The zero-order chi connectivity index (χ0) is 17.1. The maximum absolute atomic E-state index is 10.8. The molecule has 0 spiro atoms. The number of aliphatic carboxylic acids is 1. The van der Waals surface area contributed by atoms with E-state index in [1.54, 1.807) is 24.5 Å². The lowest BCUT2D eigenvalue weighted by Crippen LogP contribution is -2.49. The van der Waals surface area contributed by atoms with Crippen molar-refractivity contribution in [2.24, 2.45) is 5.92 Å². The first-order valence-electron chi connectivity index (χ1n) is 7.34. The van der Waals surface area contributed by atoms with Crippen LogP contribution in [0.2, 0.25) is 10.0 Å². The van der Waals surface area contributed by atoms with Gasteiger partial charge in [0.15, 0.2) is 0 Å². The second kappa shape index (κ2) is 7.34. The quantitative estimate of drug-likeness (QED) is 0.845. The van der Waals surface area contributed by atoms with Crippen LogP contribution in [0.5, 0.6) is 5.88 Å². The highest BCUT2D eigenvalue weighted by molar-refractivity contribution is 6.42. The Morgan fingerprint density at radius 3 is 2.67 bits per heavy atom. The molecule has 1 aliphatic rings. The summed E-state index contributed by atoms with van der Waals surface area (Å²) in [7, 11) is 0. The van der Waals surface area contributed by atoms with E-state index in [1.165, 1.54) is 0 Å². The molecular weight excluding hydrogens is 353 g/mol. The molecule has 0 radical (unpaired) electrons. The van der Waals surface area contributed by atoms with E-state index in [4.69, 9.17) is 33.0 Å². The van der Waals surface area contributed by atoms with Gasteiger partial charge in [-0.3, -0.25) is 14.7 Å². The summed E-state index contributed by atoms with van der Waals surface area (Å²) in [5, 5.41) is 9.83. The molecular formula is C16H15Cl2N3O3. The standard InChI is InChI=1S/C16H15Cl2N3O3/c17-13-2-1-10(3-14(13)18)9-24-15-5-19-12(4-20-15)8-21-6-11(7-21)16(22)23/h1-5,11H,6-9H2,(H,22,23). The molecule has 2 heterocycles. The minimum Gasteiger partial charge on any atom is -0.481 e. The predicted molar refractivity (Wildman–Crippen MR) is 89.2 cm³/mol. The third-order valence-electron chi connectivity index (χ3n) is 3.74. The molecule has 0 unspecified atom stereocenters. The number of rotatable bonds is 6. The van der Waals surface area contributed by atoms with Crippen LogP contribution in [-0.4, -0.2) is 39.0 Å². The van der Waals surface area contributed by atoms with Gasteiger partial charge in [0, 0.05) is 19.6 Å². The lowest BCUT2D eigenvalue weighted by Gasteiger charge is -2.36. The van der Waals surface area contributed by atoms with Gasteiger partial charge in [-0.2, -0.15) is 0 Å². The van der Waals surface area contributed by atoms with Gasteiger partial charge in [-0.25, -0.2) is 4.98 Å². The van der Waals surface area contributed by atoms with Crippen LogP contribution in [0.15, 0.2) is 30.6 Å². The molecule has 3 rings (SSSR count). The Hall–Kier alpha value is -1.89. The van der Waals surface area contributed by atoms with Crippen molar-refractivity contribution >= 4 is 29.2 Å². The Kier molecular flexibility index (Phi) is 5.18. The van der Waals surface area contributed by atoms with Gasteiger partial charge >= 0.3 is 5.97 Å². The van der Waals surface area contributed by atoms with Crippen LogP contribution >= 0.6 is 23.2 Å². The number of hydrogen-bond donors (Lipinski definition) is 1. The van der Waals surface area contributed by atoms with Crippen molar-refractivity contribution in [2.75, 3.05) is 13.1 Å². The zero-order valence-corrected chi connectivity index (χ0v) is 14.2. The fourth-order valence-corrected chi connectivity index (χ4v) is 2.69. The summed E-state index contributed by atoms with van der Waals surface area (Å²) in [6, 6.07) is 5.29. The molecule has 8 heteroatoms. The fraction of sp³-hybridized carbons (Fsp3) is 0.312. The normalized spacial score (nSPS) is 15.1. The Balaban J connectivity index is 1.49. The number of hydrogen-bond acceptors (Lipinski definition) is 5. The number of halogens is 2. The van der Waals surface area contributed by atoms with Gasteiger partial charge in [-0.1, -0.05) is 29.3 Å². The molecule has 1 fully saturated rings. The monoisotopic (exact) mass is 367 g/mol. The van der Waals surface area contributed by atoms with E-state index < -0.39 is 5.97 Å². The maximum atomic E-state index is 10.8. The van der Waals surface area contributed by atoms with E-state index in [1.807, 2.05) is 11.0 Å². The highest BCUT2D eigenvalue weighted by atomic mass is 35.5. The number of carbonyl (C=O) groups is 1. The second-order valence-corrected chi connectivity index (χ2v) is 6.43. The summed E-state index contributed by atoms with van der Waals surface area (Å²) in [6.07, 6.45) is 3.19. The van der Waals surface area contributed by atoms with Gasteiger partial charge in [0.25, 0.3) is 0 Å². The van der Waals surface area contributed by atoms with E-state index >= 15 is 0 Å². The Bertz CT molecular complexity index is 734. The molecule has 24 heavy (non-hydrogen) atoms. The topological polar surface area (TPSA) is 75.5 Å². The Labute approximate surface area is 149 Å². The molecule has 1 N–H and O–H groups in total. The summed E-state index contributed by atoms with van der Waals surface area (Å²) in [6.45, 7) is 2.00. The van der Waals surface area contributed by atoms with Gasteiger partial charge in [0.2, 0.25) is 5.88 Å². The number of ether oxygens (including phenoxy) is 1. The third kappa shape index (κ3) is 4.14. The van der Waals surface area contributed by atoms with Gasteiger partial charge < -0.3 is 9.84 Å². The lowest BCUT2D eigenvalue weighted by atomic mass is 10.0. The highest BCUT2D eigenvalue weighted by Crippen LogP contribution is 2.23. The number of carboxylic acids is 1. The van der Waals surface area contributed by atoms with Crippen molar-refractivity contribution in [3.05, 3.63) is 51.9 Å². The summed E-state index contributed by atoms with van der Waals surface area (Å²) < 4.78 is 5.57. The first-order chi connectivity index (χ1) is 11.5. The van der Waals surface area contributed by atoms with Crippen molar-refractivity contribution < 1.29 is 14.6 Å². The first-order valence-corrected chi connectivity index (χ1v) is 8.09. The Morgan fingerprint density at radius 1 is 1.25 bits per heavy atom. The molecule has 1 aromatic carbocycles. The van der Waals surface area contributed by atoms with E-state index in [9.17, 15) is 4.79 Å². The van der Waals surface area contributed by atoms with Crippen LogP contribution in [0.25, 0.3) is 0 Å². The van der Waals surface area contributed by atoms with E-state index in [0.717, 1.165) is 11.3 Å². The number of carboxylic acid groups (broad SMARTS) is 1. The summed E-state index contributed by atoms with van der Waals surface area (Å²) >= 11 is 11.8. The molecule has 6 nitrogen and oxygen atoms in total. The molecule has 0 aliphatic carbocycles. The number of aromatic nitrogens is 2. The van der Waals surface area contributed by atoms with Crippen molar-refractivity contribution in [1.29, 1.82) is 0 Å².